The molecule has 0 aliphatic carbocycles. The van der Waals surface area contributed by atoms with Gasteiger partial charge in [0.2, 0.25) is 5.91 Å². The molecule has 2 rings (SSSR count). The molecule has 0 saturated heterocycles. The van der Waals surface area contributed by atoms with E-state index in [9.17, 15) is 10.1 Å². The van der Waals surface area contributed by atoms with Gasteiger partial charge in [-0.1, -0.05) is 30.3 Å². The summed E-state index contributed by atoms with van der Waals surface area (Å²) in [7, 11) is 0. The number of anilines is 1. The molecule has 0 radical (unpaired) electrons. The molecule has 2 N–H and O–H groups in total. The number of aromatic nitrogens is 1. The molecular formula is C14H12ClN3O. The molecule has 0 aliphatic heterocycles. The predicted molar refractivity (Wildman–Crippen MR) is 74.9 cm³/mol. The van der Waals surface area contributed by atoms with Gasteiger partial charge in [0.25, 0.3) is 0 Å². The van der Waals surface area contributed by atoms with E-state index in [-0.39, 0.29) is 5.91 Å². The number of benzene rings is 1. The first-order valence-electron chi connectivity index (χ1n) is 5.75. The fourth-order valence-electron chi connectivity index (χ4n) is 1.71. The number of alkyl halides is 1. The van der Waals surface area contributed by atoms with E-state index >= 15 is 0 Å². The smallest absolute Gasteiger partial charge is 0.243 e. The lowest BCUT2D eigenvalue weighted by Gasteiger charge is -2.05. The average molecular weight is 274 g/mol. The summed E-state index contributed by atoms with van der Waals surface area (Å²) in [6.45, 7) is 1.57. The molecule has 1 atom stereocenters. The van der Waals surface area contributed by atoms with E-state index in [2.05, 4.69) is 16.4 Å². The molecule has 5 heteroatoms. The highest BCUT2D eigenvalue weighted by Gasteiger charge is 2.16. The molecule has 0 bridgehead atoms. The lowest BCUT2D eigenvalue weighted by atomic mass is 10.1. The van der Waals surface area contributed by atoms with Crippen LogP contribution in [-0.4, -0.2) is 16.3 Å². The van der Waals surface area contributed by atoms with Crippen LogP contribution in [0.4, 0.5) is 5.82 Å². The molecule has 19 heavy (non-hydrogen) atoms. The van der Waals surface area contributed by atoms with Crippen molar-refractivity contribution in [2.24, 2.45) is 0 Å². The zero-order valence-electron chi connectivity index (χ0n) is 10.3. The van der Waals surface area contributed by atoms with Gasteiger partial charge in [0, 0.05) is 11.8 Å². The van der Waals surface area contributed by atoms with Crippen LogP contribution in [0.25, 0.3) is 11.1 Å². The second-order valence-corrected chi connectivity index (χ2v) is 4.69. The molecule has 0 saturated carbocycles. The molecule has 1 aromatic carbocycles. The Morgan fingerprint density at radius 2 is 2.11 bits per heavy atom. The van der Waals surface area contributed by atoms with Crippen molar-refractivity contribution in [1.29, 1.82) is 5.26 Å². The van der Waals surface area contributed by atoms with Crippen molar-refractivity contribution in [3.8, 4) is 17.2 Å². The molecule has 96 valence electrons. The van der Waals surface area contributed by atoms with Crippen molar-refractivity contribution >= 4 is 23.3 Å². The highest BCUT2D eigenvalue weighted by molar-refractivity contribution is 6.32. The Morgan fingerprint density at radius 3 is 2.68 bits per heavy atom. The minimum atomic E-state index is -0.657. The molecule has 1 heterocycles. The van der Waals surface area contributed by atoms with Crippen LogP contribution < -0.4 is 5.32 Å². The summed E-state index contributed by atoms with van der Waals surface area (Å²) in [5.74, 6) is 0.0264. The third-order valence-electron chi connectivity index (χ3n) is 2.69. The van der Waals surface area contributed by atoms with Crippen LogP contribution in [0.3, 0.4) is 0 Å². The van der Waals surface area contributed by atoms with Gasteiger partial charge in [0.05, 0.1) is 0 Å². The Hall–Kier alpha value is -2.25. The first kappa shape index (κ1) is 13.2. The highest BCUT2D eigenvalue weighted by Crippen LogP contribution is 2.28. The van der Waals surface area contributed by atoms with E-state index in [1.807, 2.05) is 30.3 Å². The molecule has 0 fully saturated rings. The summed E-state index contributed by atoms with van der Waals surface area (Å²) in [5.41, 5.74) is 2.06. The molecule has 0 spiro atoms. The maximum absolute atomic E-state index is 11.6. The maximum Gasteiger partial charge on any atom is 0.243 e. The van der Waals surface area contributed by atoms with Gasteiger partial charge in [0.15, 0.2) is 0 Å². The van der Waals surface area contributed by atoms with Crippen LogP contribution in [0, 0.1) is 11.3 Å². The van der Waals surface area contributed by atoms with Crippen LogP contribution in [-0.2, 0) is 4.79 Å². The Kier molecular flexibility index (Phi) is 3.88. The molecule has 0 aliphatic rings. The Labute approximate surface area is 116 Å². The van der Waals surface area contributed by atoms with Gasteiger partial charge in [-0.25, -0.2) is 0 Å². The molecule has 4 nitrogen and oxygen atoms in total. The third kappa shape index (κ3) is 2.78. The molecular weight excluding hydrogens is 262 g/mol. The number of halogens is 1. The Balaban J connectivity index is 2.37. The number of rotatable bonds is 3. The van der Waals surface area contributed by atoms with Gasteiger partial charge in [0.1, 0.15) is 22.8 Å². The van der Waals surface area contributed by atoms with Crippen molar-refractivity contribution in [3.63, 3.8) is 0 Å². The quantitative estimate of drug-likeness (QED) is 0.844. The first-order chi connectivity index (χ1) is 9.13. The topological polar surface area (TPSA) is 68.7 Å². The first-order valence-corrected chi connectivity index (χ1v) is 6.19. The summed E-state index contributed by atoms with van der Waals surface area (Å²) < 4.78 is 0. The summed E-state index contributed by atoms with van der Waals surface area (Å²) >= 11 is 5.69. The maximum atomic E-state index is 11.6. The number of hydrogen-bond donors (Lipinski definition) is 2. The van der Waals surface area contributed by atoms with Crippen molar-refractivity contribution in [2.75, 3.05) is 5.32 Å². The average Bonchev–Trinajstić information content (AvgIpc) is 2.82. The monoisotopic (exact) mass is 273 g/mol. The van der Waals surface area contributed by atoms with Crippen LogP contribution in [0.5, 0.6) is 0 Å². The molecule has 1 aromatic heterocycles. The largest absolute Gasteiger partial charge is 0.346 e. The summed E-state index contributed by atoms with van der Waals surface area (Å²) in [6.07, 6.45) is 1.70. The summed E-state index contributed by atoms with van der Waals surface area (Å²) in [4.78, 5) is 14.5. The van der Waals surface area contributed by atoms with E-state index in [4.69, 9.17) is 11.6 Å². The number of nitrogens with zero attached hydrogens (tertiary/aromatic N) is 1. The fourth-order valence-corrected chi connectivity index (χ4v) is 1.76. The second kappa shape index (κ2) is 5.59. The fraction of sp³-hybridized carbons (Fsp3) is 0.143. The van der Waals surface area contributed by atoms with E-state index in [1.54, 1.807) is 13.1 Å². The zero-order valence-corrected chi connectivity index (χ0v) is 11.0. The number of nitriles is 1. The van der Waals surface area contributed by atoms with Crippen LogP contribution >= 0.6 is 11.6 Å². The molecule has 1 unspecified atom stereocenters. The number of nitrogens with one attached hydrogen (secondary N) is 2. The minimum Gasteiger partial charge on any atom is -0.346 e. The second-order valence-electron chi connectivity index (χ2n) is 4.04. The Bertz CT molecular complexity index is 626. The van der Waals surface area contributed by atoms with Gasteiger partial charge in [-0.2, -0.15) is 5.26 Å². The minimum absolute atomic E-state index is 0.348. The predicted octanol–water partition coefficient (Wildman–Crippen LogP) is 3.12. The van der Waals surface area contributed by atoms with E-state index in [1.165, 1.54) is 0 Å². The van der Waals surface area contributed by atoms with Gasteiger partial charge in [-0.05, 0) is 12.5 Å². The summed E-state index contributed by atoms with van der Waals surface area (Å²) in [6, 6.07) is 11.6. The number of hydrogen-bond acceptors (Lipinski definition) is 2. The lowest BCUT2D eigenvalue weighted by Crippen LogP contribution is -2.20. The van der Waals surface area contributed by atoms with E-state index in [0.29, 0.717) is 11.4 Å². The van der Waals surface area contributed by atoms with Gasteiger partial charge >= 0.3 is 0 Å². The Morgan fingerprint density at radius 1 is 1.42 bits per heavy atom. The standard InChI is InChI=1S/C14H12ClN3O/c1-9(15)14(19)18-13-11(7-16)12(8-17-13)10-5-3-2-4-6-10/h2-6,8-9,17H,1H3,(H,18,19). The number of aromatic amines is 1. The van der Waals surface area contributed by atoms with Crippen LogP contribution in [0.1, 0.15) is 12.5 Å². The zero-order chi connectivity index (χ0) is 13.8. The molecule has 1 amide bonds. The van der Waals surface area contributed by atoms with Crippen LogP contribution in [0.2, 0.25) is 0 Å². The van der Waals surface area contributed by atoms with Crippen molar-refractivity contribution in [1.82, 2.24) is 4.98 Å². The highest BCUT2D eigenvalue weighted by atomic mass is 35.5. The summed E-state index contributed by atoms with van der Waals surface area (Å²) in [5, 5.41) is 11.2. The van der Waals surface area contributed by atoms with Crippen molar-refractivity contribution in [2.45, 2.75) is 12.3 Å². The van der Waals surface area contributed by atoms with Gasteiger partial charge < -0.3 is 10.3 Å². The van der Waals surface area contributed by atoms with Crippen LogP contribution in [0.15, 0.2) is 36.5 Å². The third-order valence-corrected chi connectivity index (χ3v) is 2.88. The van der Waals surface area contributed by atoms with E-state index < -0.39 is 5.38 Å². The van der Waals surface area contributed by atoms with Crippen molar-refractivity contribution in [3.05, 3.63) is 42.1 Å². The van der Waals surface area contributed by atoms with Gasteiger partial charge in [-0.3, -0.25) is 4.79 Å². The lowest BCUT2D eigenvalue weighted by molar-refractivity contribution is -0.115. The number of H-pyrrole nitrogens is 1. The van der Waals surface area contributed by atoms with Crippen molar-refractivity contribution < 1.29 is 4.79 Å². The van der Waals surface area contributed by atoms with Gasteiger partial charge in [-0.15, -0.1) is 11.6 Å². The number of carbonyl (C=O) groups excluding carboxylic acids is 1. The SMILES string of the molecule is CC(Cl)C(=O)Nc1[nH]cc(-c2ccccc2)c1C#N. The number of carbonyl (C=O) groups is 1. The van der Waals surface area contributed by atoms with E-state index in [0.717, 1.165) is 11.1 Å². The molecule has 2 aromatic rings. The number of amides is 1. The normalized spacial score (nSPS) is 11.6.